The van der Waals surface area contributed by atoms with E-state index in [1.54, 1.807) is 24.0 Å². The van der Waals surface area contributed by atoms with Crippen molar-refractivity contribution in [3.05, 3.63) is 36.2 Å². The third-order valence-electron chi connectivity index (χ3n) is 6.23. The lowest BCUT2D eigenvalue weighted by molar-refractivity contribution is 0.0378. The number of Topliss-reactive ketones (excluding diaryl/α,β-unsaturated/α-hetero) is 1. The van der Waals surface area contributed by atoms with Crippen molar-refractivity contribution in [3.63, 3.8) is 0 Å². The van der Waals surface area contributed by atoms with Gasteiger partial charge in [-0.2, -0.15) is 9.61 Å². The zero-order valence-corrected chi connectivity index (χ0v) is 19.5. The van der Waals surface area contributed by atoms with Crippen LogP contribution in [0.1, 0.15) is 36.0 Å². The number of pyridine rings is 1. The van der Waals surface area contributed by atoms with Crippen molar-refractivity contribution >= 4 is 28.8 Å². The molecule has 5 rings (SSSR count). The summed E-state index contributed by atoms with van der Waals surface area (Å²) in [7, 11) is 1.58. The van der Waals surface area contributed by atoms with Crippen molar-refractivity contribution in [2.24, 2.45) is 5.92 Å². The normalized spacial score (nSPS) is 16.5. The highest BCUT2D eigenvalue weighted by atomic mass is 16.5. The molecule has 10 heteroatoms. The lowest BCUT2D eigenvalue weighted by atomic mass is 10.1. The summed E-state index contributed by atoms with van der Waals surface area (Å²) in [6, 6.07) is 5.61. The number of nitrogens with one attached hydrogen (secondary N) is 2. The van der Waals surface area contributed by atoms with Crippen LogP contribution in [0.3, 0.4) is 0 Å². The molecule has 34 heavy (non-hydrogen) atoms. The Morgan fingerprint density at radius 3 is 2.94 bits per heavy atom. The van der Waals surface area contributed by atoms with Gasteiger partial charge in [-0.15, -0.1) is 0 Å². The standard InChI is InChI=1S/C24H31N7O3/c1-33-24-19(4-2-7-26-24)28-21-15-22(25-8-3-9-30-10-12-34-13-11-30)31-23(29-21)18(16-27-31)20(32)14-17-5-6-17/h2,4,7,15-17,25H,3,5-6,8-14H2,1H3,(H,28,29). The first kappa shape index (κ1) is 22.5. The van der Waals surface area contributed by atoms with Crippen LogP contribution in [-0.2, 0) is 4.74 Å². The number of nitrogens with zero attached hydrogens (tertiary/aromatic N) is 5. The second kappa shape index (κ2) is 10.4. The minimum atomic E-state index is 0.0966. The topological polar surface area (TPSA) is 106 Å². The van der Waals surface area contributed by atoms with Gasteiger partial charge in [0, 0.05) is 38.3 Å². The third-order valence-corrected chi connectivity index (χ3v) is 6.23. The van der Waals surface area contributed by atoms with Gasteiger partial charge in [-0.1, -0.05) is 0 Å². The van der Waals surface area contributed by atoms with Crippen molar-refractivity contribution in [1.82, 2.24) is 24.5 Å². The predicted octanol–water partition coefficient (Wildman–Crippen LogP) is 2.99. The molecule has 3 aromatic heterocycles. The minimum absolute atomic E-state index is 0.0966. The molecular formula is C24H31N7O3. The van der Waals surface area contributed by atoms with Crippen LogP contribution in [0.15, 0.2) is 30.6 Å². The van der Waals surface area contributed by atoms with E-state index in [9.17, 15) is 4.79 Å². The van der Waals surface area contributed by atoms with E-state index in [2.05, 4.69) is 25.6 Å². The zero-order chi connectivity index (χ0) is 23.3. The van der Waals surface area contributed by atoms with Gasteiger partial charge in [-0.3, -0.25) is 9.69 Å². The Morgan fingerprint density at radius 1 is 1.29 bits per heavy atom. The SMILES string of the molecule is COc1ncccc1Nc1cc(NCCCN2CCOCC2)n2ncc(C(=O)CC3CC3)c2n1. The van der Waals surface area contributed by atoms with Crippen LogP contribution in [0, 0.1) is 5.92 Å². The zero-order valence-electron chi connectivity index (χ0n) is 19.5. The lowest BCUT2D eigenvalue weighted by Crippen LogP contribution is -2.37. The van der Waals surface area contributed by atoms with Crippen molar-refractivity contribution in [3.8, 4) is 5.88 Å². The minimum Gasteiger partial charge on any atom is -0.480 e. The van der Waals surface area contributed by atoms with Crippen LogP contribution < -0.4 is 15.4 Å². The summed E-state index contributed by atoms with van der Waals surface area (Å²) in [4.78, 5) is 24.3. The smallest absolute Gasteiger partial charge is 0.237 e. The van der Waals surface area contributed by atoms with E-state index in [-0.39, 0.29) is 5.78 Å². The Hall–Kier alpha value is -3.24. The highest BCUT2D eigenvalue weighted by Crippen LogP contribution is 2.34. The van der Waals surface area contributed by atoms with Crippen molar-refractivity contribution in [1.29, 1.82) is 0 Å². The van der Waals surface area contributed by atoms with E-state index in [1.165, 1.54) is 0 Å². The van der Waals surface area contributed by atoms with Gasteiger partial charge in [0.05, 0.1) is 32.1 Å². The first-order valence-corrected chi connectivity index (χ1v) is 11.9. The summed E-state index contributed by atoms with van der Waals surface area (Å²) >= 11 is 0. The molecule has 1 aliphatic carbocycles. The van der Waals surface area contributed by atoms with Crippen LogP contribution >= 0.6 is 0 Å². The number of hydrogen-bond donors (Lipinski definition) is 2. The Labute approximate surface area is 198 Å². The molecule has 0 radical (unpaired) electrons. The largest absolute Gasteiger partial charge is 0.480 e. The highest BCUT2D eigenvalue weighted by molar-refractivity contribution is 6.01. The average Bonchev–Trinajstić information content (AvgIpc) is 3.57. The summed E-state index contributed by atoms with van der Waals surface area (Å²) < 4.78 is 12.5. The average molecular weight is 466 g/mol. The molecule has 0 unspecified atom stereocenters. The van der Waals surface area contributed by atoms with E-state index in [4.69, 9.17) is 14.5 Å². The molecule has 10 nitrogen and oxygen atoms in total. The van der Waals surface area contributed by atoms with Crippen molar-refractivity contribution in [2.75, 3.05) is 57.1 Å². The number of ketones is 1. The number of carbonyl (C=O) groups excluding carboxylic acids is 1. The molecule has 4 heterocycles. The summed E-state index contributed by atoms with van der Waals surface area (Å²) in [5.74, 6) is 2.45. The quantitative estimate of drug-likeness (QED) is 0.326. The molecule has 1 saturated heterocycles. The molecule has 180 valence electrons. The second-order valence-corrected chi connectivity index (χ2v) is 8.81. The number of fused-ring (bicyclic) bond motifs is 1. The molecule has 2 fully saturated rings. The van der Waals surface area contributed by atoms with E-state index < -0.39 is 0 Å². The molecule has 3 aromatic rings. The summed E-state index contributed by atoms with van der Waals surface area (Å²) in [6.45, 7) is 5.34. The number of ether oxygens (including phenoxy) is 2. The van der Waals surface area contributed by atoms with Crippen molar-refractivity contribution < 1.29 is 14.3 Å². The molecule has 0 amide bonds. The number of anilines is 3. The van der Waals surface area contributed by atoms with Gasteiger partial charge >= 0.3 is 0 Å². The fraction of sp³-hybridized carbons (Fsp3) is 0.500. The van der Waals surface area contributed by atoms with Gasteiger partial charge < -0.3 is 20.1 Å². The molecule has 0 spiro atoms. The first-order chi connectivity index (χ1) is 16.7. The monoisotopic (exact) mass is 465 g/mol. The van der Waals surface area contributed by atoms with Crippen LogP contribution in [-0.4, -0.2) is 76.8 Å². The fourth-order valence-corrected chi connectivity index (χ4v) is 4.17. The Morgan fingerprint density at radius 2 is 2.15 bits per heavy atom. The molecular weight excluding hydrogens is 434 g/mol. The van der Waals surface area contributed by atoms with Gasteiger partial charge in [0.1, 0.15) is 17.3 Å². The predicted molar refractivity (Wildman–Crippen MR) is 129 cm³/mol. The first-order valence-electron chi connectivity index (χ1n) is 11.9. The molecule has 0 aromatic carbocycles. The molecule has 2 aliphatic rings. The number of rotatable bonds is 11. The molecule has 1 aliphatic heterocycles. The van der Waals surface area contributed by atoms with Gasteiger partial charge in [0.2, 0.25) is 5.88 Å². The van der Waals surface area contributed by atoms with Gasteiger partial charge in [-0.25, -0.2) is 9.97 Å². The maximum Gasteiger partial charge on any atom is 0.237 e. The summed E-state index contributed by atoms with van der Waals surface area (Å²) in [5.41, 5.74) is 1.81. The van der Waals surface area contributed by atoms with Crippen LogP contribution in [0.4, 0.5) is 17.3 Å². The molecule has 0 bridgehead atoms. The third kappa shape index (κ3) is 5.28. The van der Waals surface area contributed by atoms with E-state index in [1.807, 2.05) is 18.2 Å². The number of morpholine rings is 1. The summed E-state index contributed by atoms with van der Waals surface area (Å²) in [5, 5.41) is 11.3. The second-order valence-electron chi connectivity index (χ2n) is 8.81. The lowest BCUT2D eigenvalue weighted by Gasteiger charge is -2.26. The molecule has 1 saturated carbocycles. The van der Waals surface area contributed by atoms with E-state index in [0.717, 1.165) is 64.5 Å². The van der Waals surface area contributed by atoms with Gasteiger partial charge in [0.25, 0.3) is 0 Å². The number of hydrogen-bond acceptors (Lipinski definition) is 9. The number of methoxy groups -OCH3 is 1. The van der Waals surface area contributed by atoms with Crippen LogP contribution in [0.5, 0.6) is 5.88 Å². The van der Waals surface area contributed by atoms with Gasteiger partial charge in [0.15, 0.2) is 11.4 Å². The van der Waals surface area contributed by atoms with Gasteiger partial charge in [-0.05, 0) is 43.9 Å². The Bertz CT molecular complexity index is 1140. The summed E-state index contributed by atoms with van der Waals surface area (Å²) in [6.07, 6.45) is 7.11. The van der Waals surface area contributed by atoms with E-state index >= 15 is 0 Å². The number of carbonyl (C=O) groups is 1. The van der Waals surface area contributed by atoms with Crippen LogP contribution in [0.2, 0.25) is 0 Å². The highest BCUT2D eigenvalue weighted by Gasteiger charge is 2.27. The van der Waals surface area contributed by atoms with Crippen molar-refractivity contribution in [2.45, 2.75) is 25.7 Å². The maximum atomic E-state index is 12.9. The maximum absolute atomic E-state index is 12.9. The fourth-order valence-electron chi connectivity index (χ4n) is 4.17. The van der Waals surface area contributed by atoms with Crippen LogP contribution in [0.25, 0.3) is 5.65 Å². The number of aromatic nitrogens is 4. The Balaban J connectivity index is 1.38. The Kier molecular flexibility index (Phi) is 6.87. The van der Waals surface area contributed by atoms with E-state index in [0.29, 0.717) is 40.9 Å². The molecule has 2 N–H and O–H groups in total. The molecule has 0 atom stereocenters.